The molecule has 6 nitrogen and oxygen atoms in total. The molecular weight excluding hydrogens is 404 g/mol. The lowest BCUT2D eigenvalue weighted by Gasteiger charge is -2.14. The standard InChI is InChI=1S/C23H21ClN2O4/c1-3-13-6-5-7-14(4-2)20(13)26-23(29)18-10-15(12-30-22(18)25)21(28)17-11-16(24)8-9-19(17)27/h5-12,25,27H,3-4H2,1-2H3,(H,26,29). The maximum atomic E-state index is 12.9. The highest BCUT2D eigenvalue weighted by atomic mass is 35.5. The predicted octanol–water partition coefficient (Wildman–Crippen LogP) is 4.73. The largest absolute Gasteiger partial charge is 0.507 e. The number of nitrogens with one attached hydrogen (secondary N) is 2. The van der Waals surface area contributed by atoms with Crippen molar-refractivity contribution in [3.05, 3.63) is 87.1 Å². The van der Waals surface area contributed by atoms with E-state index in [1.165, 1.54) is 24.3 Å². The van der Waals surface area contributed by atoms with Crippen LogP contribution in [-0.4, -0.2) is 16.8 Å². The lowest BCUT2D eigenvalue weighted by Crippen LogP contribution is -2.23. The highest BCUT2D eigenvalue weighted by molar-refractivity contribution is 6.31. The van der Waals surface area contributed by atoms with Gasteiger partial charge in [-0.15, -0.1) is 0 Å². The summed E-state index contributed by atoms with van der Waals surface area (Å²) >= 11 is 5.92. The number of halogens is 1. The second-order valence-electron chi connectivity index (χ2n) is 6.68. The molecule has 1 heterocycles. The minimum absolute atomic E-state index is 0.0215. The molecule has 0 saturated carbocycles. The molecule has 3 N–H and O–H groups in total. The molecule has 3 aromatic rings. The number of carbonyl (C=O) groups is 2. The number of aromatic hydroxyl groups is 1. The van der Waals surface area contributed by atoms with Gasteiger partial charge in [0.2, 0.25) is 5.55 Å². The number of ketones is 1. The molecule has 0 bridgehead atoms. The van der Waals surface area contributed by atoms with E-state index in [4.69, 9.17) is 21.4 Å². The van der Waals surface area contributed by atoms with Gasteiger partial charge in [0.1, 0.15) is 17.6 Å². The van der Waals surface area contributed by atoms with Crippen molar-refractivity contribution in [1.29, 1.82) is 5.41 Å². The van der Waals surface area contributed by atoms with E-state index in [0.29, 0.717) is 5.69 Å². The van der Waals surface area contributed by atoms with Crippen LogP contribution in [0.5, 0.6) is 5.75 Å². The summed E-state index contributed by atoms with van der Waals surface area (Å²) in [6.45, 7) is 3.98. The van der Waals surface area contributed by atoms with Crippen molar-refractivity contribution in [2.75, 3.05) is 5.32 Å². The monoisotopic (exact) mass is 424 g/mol. The van der Waals surface area contributed by atoms with Gasteiger partial charge in [0.05, 0.1) is 11.1 Å². The van der Waals surface area contributed by atoms with Crippen LogP contribution in [-0.2, 0) is 12.8 Å². The maximum absolute atomic E-state index is 12.9. The fraction of sp³-hybridized carbons (Fsp3) is 0.174. The van der Waals surface area contributed by atoms with Gasteiger partial charge in [-0.2, -0.15) is 0 Å². The van der Waals surface area contributed by atoms with E-state index in [-0.39, 0.29) is 33.0 Å². The minimum atomic E-state index is -0.573. The van der Waals surface area contributed by atoms with Crippen LogP contribution in [0.2, 0.25) is 5.02 Å². The fourth-order valence-corrected chi connectivity index (χ4v) is 3.33. The van der Waals surface area contributed by atoms with Crippen molar-refractivity contribution in [1.82, 2.24) is 0 Å². The van der Waals surface area contributed by atoms with Crippen LogP contribution in [0.4, 0.5) is 5.69 Å². The van der Waals surface area contributed by atoms with E-state index < -0.39 is 11.7 Å². The third kappa shape index (κ3) is 4.28. The van der Waals surface area contributed by atoms with Crippen molar-refractivity contribution in [2.24, 2.45) is 0 Å². The third-order valence-corrected chi connectivity index (χ3v) is 5.03. The van der Waals surface area contributed by atoms with Gasteiger partial charge in [-0.25, -0.2) is 0 Å². The molecule has 0 radical (unpaired) electrons. The molecule has 0 unspecified atom stereocenters. The number of benzene rings is 2. The molecule has 2 aromatic carbocycles. The normalized spacial score (nSPS) is 10.6. The number of aryl methyl sites for hydroxylation is 2. The first-order valence-electron chi connectivity index (χ1n) is 9.48. The Bertz CT molecular complexity index is 1160. The number of phenols is 1. The number of hydrogen-bond donors (Lipinski definition) is 3. The number of carbonyl (C=O) groups excluding carboxylic acids is 2. The summed E-state index contributed by atoms with van der Waals surface area (Å²) in [5.41, 5.74) is 2.20. The van der Waals surface area contributed by atoms with Crippen molar-refractivity contribution >= 4 is 29.0 Å². The fourth-order valence-electron chi connectivity index (χ4n) is 3.16. The molecule has 0 aliphatic heterocycles. The van der Waals surface area contributed by atoms with Crippen LogP contribution in [0.25, 0.3) is 0 Å². The summed E-state index contributed by atoms with van der Waals surface area (Å²) in [7, 11) is 0. The van der Waals surface area contributed by atoms with Gasteiger partial charge in [0, 0.05) is 10.7 Å². The van der Waals surface area contributed by atoms with Crippen LogP contribution in [0.15, 0.2) is 53.1 Å². The second kappa shape index (κ2) is 8.97. The molecule has 0 saturated heterocycles. The number of anilines is 1. The molecule has 7 heteroatoms. The van der Waals surface area contributed by atoms with Gasteiger partial charge in [0.15, 0.2) is 5.78 Å². The highest BCUT2D eigenvalue weighted by Crippen LogP contribution is 2.25. The van der Waals surface area contributed by atoms with E-state index in [1.807, 2.05) is 32.0 Å². The Morgan fingerprint density at radius 2 is 1.73 bits per heavy atom. The molecule has 0 aliphatic rings. The smallest absolute Gasteiger partial charge is 0.261 e. The average molecular weight is 425 g/mol. The van der Waals surface area contributed by atoms with Gasteiger partial charge in [-0.1, -0.05) is 43.6 Å². The van der Waals surface area contributed by atoms with E-state index >= 15 is 0 Å². The van der Waals surface area contributed by atoms with Crippen molar-refractivity contribution in [2.45, 2.75) is 26.7 Å². The summed E-state index contributed by atoms with van der Waals surface area (Å²) in [4.78, 5) is 25.7. The zero-order valence-corrected chi connectivity index (χ0v) is 17.3. The summed E-state index contributed by atoms with van der Waals surface area (Å²) in [6.07, 6.45) is 2.54. The first-order valence-corrected chi connectivity index (χ1v) is 9.86. The summed E-state index contributed by atoms with van der Waals surface area (Å²) in [5, 5.41) is 21.1. The summed E-state index contributed by atoms with van der Waals surface area (Å²) in [6, 6.07) is 11.2. The van der Waals surface area contributed by atoms with Crippen LogP contribution in [0.3, 0.4) is 0 Å². The summed E-state index contributed by atoms with van der Waals surface area (Å²) in [5.74, 6) is -1.37. The van der Waals surface area contributed by atoms with Gasteiger partial charge in [-0.3, -0.25) is 15.0 Å². The van der Waals surface area contributed by atoms with Crippen molar-refractivity contribution in [3.8, 4) is 5.75 Å². The predicted molar refractivity (Wildman–Crippen MR) is 114 cm³/mol. The van der Waals surface area contributed by atoms with E-state index in [1.54, 1.807) is 0 Å². The Labute approximate surface area is 178 Å². The van der Waals surface area contributed by atoms with Crippen molar-refractivity contribution < 1.29 is 19.1 Å². The maximum Gasteiger partial charge on any atom is 0.261 e. The molecule has 154 valence electrons. The van der Waals surface area contributed by atoms with Crippen LogP contribution < -0.4 is 10.9 Å². The van der Waals surface area contributed by atoms with Gasteiger partial charge in [0.25, 0.3) is 5.91 Å². The molecule has 0 aliphatic carbocycles. The zero-order valence-electron chi connectivity index (χ0n) is 16.6. The van der Waals surface area contributed by atoms with Gasteiger partial charge >= 0.3 is 0 Å². The topological polar surface area (TPSA) is 103 Å². The third-order valence-electron chi connectivity index (χ3n) is 4.80. The number of hydrogen-bond acceptors (Lipinski definition) is 5. The molecule has 30 heavy (non-hydrogen) atoms. The number of phenolic OH excluding ortho intramolecular Hbond substituents is 1. The molecular formula is C23H21ClN2O4. The van der Waals surface area contributed by atoms with Gasteiger partial charge < -0.3 is 14.8 Å². The molecule has 1 amide bonds. The van der Waals surface area contributed by atoms with Gasteiger partial charge in [-0.05, 0) is 48.2 Å². The van der Waals surface area contributed by atoms with E-state index in [9.17, 15) is 14.7 Å². The Hall–Kier alpha value is -3.38. The average Bonchev–Trinajstić information content (AvgIpc) is 2.75. The molecule has 0 fully saturated rings. The quantitative estimate of drug-likeness (QED) is 0.498. The van der Waals surface area contributed by atoms with Crippen molar-refractivity contribution in [3.63, 3.8) is 0 Å². The summed E-state index contributed by atoms with van der Waals surface area (Å²) < 4.78 is 5.14. The van der Waals surface area contributed by atoms with E-state index in [2.05, 4.69) is 5.32 Å². The Kier molecular flexibility index (Phi) is 6.37. The lowest BCUT2D eigenvalue weighted by atomic mass is 10.0. The SMILES string of the molecule is CCc1cccc(CC)c1NC(=O)c1cc(C(=O)c2cc(Cl)ccc2O)coc1=N. The zero-order chi connectivity index (χ0) is 21.8. The molecule has 0 atom stereocenters. The van der Waals surface area contributed by atoms with Crippen LogP contribution >= 0.6 is 11.6 Å². The molecule has 3 rings (SSSR count). The number of rotatable bonds is 6. The Morgan fingerprint density at radius 3 is 2.37 bits per heavy atom. The lowest BCUT2D eigenvalue weighted by molar-refractivity contribution is 0.102. The highest BCUT2D eigenvalue weighted by Gasteiger charge is 2.20. The Morgan fingerprint density at radius 1 is 1.07 bits per heavy atom. The first-order chi connectivity index (χ1) is 14.3. The van der Waals surface area contributed by atoms with E-state index in [0.717, 1.165) is 30.2 Å². The minimum Gasteiger partial charge on any atom is -0.507 e. The number of amides is 1. The molecule has 1 aromatic heterocycles. The first kappa shape index (κ1) is 21.3. The van der Waals surface area contributed by atoms with Crippen LogP contribution in [0, 0.1) is 5.41 Å². The molecule has 0 spiro atoms. The second-order valence-corrected chi connectivity index (χ2v) is 7.12. The Balaban J connectivity index is 1.98. The number of para-hydroxylation sites is 1. The van der Waals surface area contributed by atoms with Crippen LogP contribution in [0.1, 0.15) is 51.3 Å².